The monoisotopic (exact) mass is 360 g/mol. The minimum atomic E-state index is -0.728. The van der Waals surface area contributed by atoms with Crippen molar-refractivity contribution in [3.05, 3.63) is 50.2 Å². The van der Waals surface area contributed by atoms with E-state index in [-0.39, 0.29) is 11.4 Å². The Morgan fingerprint density at radius 3 is 2.50 bits per heavy atom. The highest BCUT2D eigenvalue weighted by Gasteiger charge is 2.32. The van der Waals surface area contributed by atoms with Gasteiger partial charge in [0.05, 0.1) is 25.3 Å². The van der Waals surface area contributed by atoms with Gasteiger partial charge in [-0.3, -0.25) is 19.2 Å². The molecule has 1 unspecified atom stereocenters. The number of anilines is 1. The molecule has 0 saturated carbocycles. The lowest BCUT2D eigenvalue weighted by Crippen LogP contribution is -2.49. The molecule has 138 valence electrons. The number of benzene rings is 1. The number of carbonyl (C=O) groups is 1. The van der Waals surface area contributed by atoms with Crippen LogP contribution in [0.1, 0.15) is 24.1 Å². The number of nitrogens with one attached hydrogen (secondary N) is 2. The molecule has 2 N–H and O–H groups in total. The number of ether oxygens (including phenoxy) is 2. The first-order valence-corrected chi connectivity index (χ1v) is 8.07. The van der Waals surface area contributed by atoms with Crippen molar-refractivity contribution in [2.45, 2.75) is 13.0 Å². The molecule has 9 heteroatoms. The molecule has 26 heavy (non-hydrogen) atoms. The average molecular weight is 360 g/mol. The lowest BCUT2D eigenvalue weighted by molar-refractivity contribution is 0.248. The molecule has 0 saturated heterocycles. The van der Waals surface area contributed by atoms with Gasteiger partial charge in [-0.25, -0.2) is 9.59 Å². The second kappa shape index (κ2) is 6.58. The summed E-state index contributed by atoms with van der Waals surface area (Å²) in [4.78, 5) is 36.9. The van der Waals surface area contributed by atoms with E-state index in [2.05, 4.69) is 10.6 Å². The van der Waals surface area contributed by atoms with Crippen LogP contribution in [0.15, 0.2) is 27.8 Å². The van der Waals surface area contributed by atoms with Gasteiger partial charge in [-0.05, 0) is 24.6 Å². The predicted octanol–water partition coefficient (Wildman–Crippen LogP) is 0.716. The van der Waals surface area contributed by atoms with Gasteiger partial charge in [-0.15, -0.1) is 0 Å². The van der Waals surface area contributed by atoms with Crippen LogP contribution >= 0.6 is 0 Å². The molecule has 1 aromatic carbocycles. The summed E-state index contributed by atoms with van der Waals surface area (Å²) in [5.41, 5.74) is -0.0787. The number of rotatable bonds is 4. The van der Waals surface area contributed by atoms with Gasteiger partial charge in [0.15, 0.2) is 11.5 Å². The maximum absolute atomic E-state index is 12.7. The summed E-state index contributed by atoms with van der Waals surface area (Å²) >= 11 is 0. The molecule has 1 aromatic heterocycles. The van der Waals surface area contributed by atoms with Crippen LogP contribution in [0, 0.1) is 0 Å². The van der Waals surface area contributed by atoms with Crippen LogP contribution in [0.5, 0.6) is 11.5 Å². The largest absolute Gasteiger partial charge is 0.493 e. The average Bonchev–Trinajstić information content (AvgIpc) is 2.64. The summed E-state index contributed by atoms with van der Waals surface area (Å²) in [6.07, 6.45) is 0. The molecule has 2 heterocycles. The van der Waals surface area contributed by atoms with Crippen LogP contribution in [-0.2, 0) is 14.1 Å². The van der Waals surface area contributed by atoms with E-state index >= 15 is 0 Å². The fourth-order valence-electron chi connectivity index (χ4n) is 3.02. The van der Waals surface area contributed by atoms with Crippen molar-refractivity contribution in [2.24, 2.45) is 14.1 Å². The third kappa shape index (κ3) is 2.71. The molecule has 0 fully saturated rings. The zero-order chi connectivity index (χ0) is 19.0. The minimum Gasteiger partial charge on any atom is -0.493 e. The SMILES string of the molecule is CCOc1ccc(C2NC(=O)Nc3c2c(=O)n(C)c(=O)n3C)cc1OC. The van der Waals surface area contributed by atoms with Crippen molar-refractivity contribution < 1.29 is 14.3 Å². The van der Waals surface area contributed by atoms with E-state index < -0.39 is 23.3 Å². The second-order valence-electron chi connectivity index (χ2n) is 5.84. The van der Waals surface area contributed by atoms with Gasteiger partial charge in [0, 0.05) is 14.1 Å². The van der Waals surface area contributed by atoms with E-state index in [1.54, 1.807) is 18.2 Å². The normalized spacial score (nSPS) is 15.7. The van der Waals surface area contributed by atoms with Crippen molar-refractivity contribution in [3.63, 3.8) is 0 Å². The van der Waals surface area contributed by atoms with E-state index in [0.717, 1.165) is 4.57 Å². The third-order valence-corrected chi connectivity index (χ3v) is 4.32. The topological polar surface area (TPSA) is 104 Å². The maximum Gasteiger partial charge on any atom is 0.332 e. The Morgan fingerprint density at radius 2 is 1.85 bits per heavy atom. The molecule has 1 aliphatic heterocycles. The standard InChI is InChI=1S/C17H20N4O5/c1-5-26-10-7-6-9(8-11(10)25-4)13-12-14(19-16(23)18-13)20(2)17(24)21(3)15(12)22/h6-8,13H,5H2,1-4H3,(H2,18,19,23). The molecule has 0 bridgehead atoms. The van der Waals surface area contributed by atoms with Crippen LogP contribution in [0.2, 0.25) is 0 Å². The molecule has 1 aliphatic rings. The Hall–Kier alpha value is -3.23. The Kier molecular flexibility index (Phi) is 4.45. The van der Waals surface area contributed by atoms with Gasteiger partial charge in [-0.2, -0.15) is 0 Å². The number of urea groups is 1. The lowest BCUT2D eigenvalue weighted by Gasteiger charge is -2.28. The number of methoxy groups -OCH3 is 1. The summed E-state index contributed by atoms with van der Waals surface area (Å²) in [5, 5.41) is 5.27. The third-order valence-electron chi connectivity index (χ3n) is 4.32. The quantitative estimate of drug-likeness (QED) is 0.836. The number of amides is 2. The van der Waals surface area contributed by atoms with Gasteiger partial charge in [0.25, 0.3) is 5.56 Å². The van der Waals surface area contributed by atoms with Crippen LogP contribution in [-0.4, -0.2) is 28.9 Å². The fraction of sp³-hybridized carbons (Fsp3) is 0.353. The summed E-state index contributed by atoms with van der Waals surface area (Å²) in [7, 11) is 4.42. The molecule has 0 spiro atoms. The highest BCUT2D eigenvalue weighted by atomic mass is 16.5. The van der Waals surface area contributed by atoms with Gasteiger partial charge in [0.1, 0.15) is 5.82 Å². The molecule has 9 nitrogen and oxygen atoms in total. The Morgan fingerprint density at radius 1 is 1.12 bits per heavy atom. The van der Waals surface area contributed by atoms with E-state index in [1.807, 2.05) is 6.92 Å². The zero-order valence-electron chi connectivity index (χ0n) is 15.0. The first-order chi connectivity index (χ1) is 12.4. The summed E-state index contributed by atoms with van der Waals surface area (Å²) < 4.78 is 13.1. The van der Waals surface area contributed by atoms with Crippen molar-refractivity contribution in [1.82, 2.24) is 14.5 Å². The Labute approximate surface area is 149 Å². The van der Waals surface area contributed by atoms with E-state index in [4.69, 9.17) is 9.47 Å². The Balaban J connectivity index is 2.22. The fourth-order valence-corrected chi connectivity index (χ4v) is 3.02. The summed E-state index contributed by atoms with van der Waals surface area (Å²) in [6.45, 7) is 2.34. The Bertz CT molecular complexity index is 992. The number of fused-ring (bicyclic) bond motifs is 1. The van der Waals surface area contributed by atoms with Gasteiger partial charge in [-0.1, -0.05) is 6.07 Å². The lowest BCUT2D eigenvalue weighted by atomic mass is 9.98. The number of aromatic nitrogens is 2. The van der Waals surface area contributed by atoms with Crippen molar-refractivity contribution in [2.75, 3.05) is 19.0 Å². The molecule has 3 rings (SSSR count). The molecule has 2 aromatic rings. The smallest absolute Gasteiger partial charge is 0.332 e. The molecule has 2 amide bonds. The highest BCUT2D eigenvalue weighted by Crippen LogP contribution is 2.34. The number of nitrogens with zero attached hydrogens (tertiary/aromatic N) is 2. The predicted molar refractivity (Wildman–Crippen MR) is 95.1 cm³/mol. The number of carbonyl (C=O) groups excluding carboxylic acids is 1. The summed E-state index contributed by atoms with van der Waals surface area (Å²) in [6, 6.07) is 3.94. The van der Waals surface area contributed by atoms with Gasteiger partial charge >= 0.3 is 11.7 Å². The van der Waals surface area contributed by atoms with Crippen molar-refractivity contribution in [1.29, 1.82) is 0 Å². The zero-order valence-corrected chi connectivity index (χ0v) is 15.0. The molecule has 0 aliphatic carbocycles. The maximum atomic E-state index is 12.7. The van der Waals surface area contributed by atoms with E-state index in [0.29, 0.717) is 23.7 Å². The summed E-state index contributed by atoms with van der Waals surface area (Å²) in [5.74, 6) is 1.23. The first-order valence-electron chi connectivity index (χ1n) is 8.07. The van der Waals surface area contributed by atoms with E-state index in [9.17, 15) is 14.4 Å². The van der Waals surface area contributed by atoms with Crippen molar-refractivity contribution in [3.8, 4) is 11.5 Å². The highest BCUT2D eigenvalue weighted by molar-refractivity contribution is 5.92. The number of hydrogen-bond donors (Lipinski definition) is 2. The van der Waals surface area contributed by atoms with Gasteiger partial charge in [0.2, 0.25) is 0 Å². The van der Waals surface area contributed by atoms with Crippen LogP contribution in [0.3, 0.4) is 0 Å². The second-order valence-corrected chi connectivity index (χ2v) is 5.84. The van der Waals surface area contributed by atoms with E-state index in [1.165, 1.54) is 25.8 Å². The molecule has 0 radical (unpaired) electrons. The van der Waals surface area contributed by atoms with Crippen molar-refractivity contribution >= 4 is 11.8 Å². The molecular weight excluding hydrogens is 340 g/mol. The number of hydrogen-bond acceptors (Lipinski definition) is 5. The van der Waals surface area contributed by atoms with Crippen LogP contribution in [0.25, 0.3) is 0 Å². The van der Waals surface area contributed by atoms with Crippen LogP contribution in [0.4, 0.5) is 10.6 Å². The van der Waals surface area contributed by atoms with Gasteiger partial charge < -0.3 is 14.8 Å². The van der Waals surface area contributed by atoms with Crippen LogP contribution < -0.4 is 31.4 Å². The molecular formula is C17H20N4O5. The minimum absolute atomic E-state index is 0.180. The first kappa shape index (κ1) is 17.6. The molecule has 1 atom stereocenters.